The first-order chi connectivity index (χ1) is 41.1. The number of furan rings is 2. The van der Waals surface area contributed by atoms with E-state index < -0.39 is 0 Å². The molecular weight excluding hydrogens is 1030 g/mol. The fraction of sp³-hybridized carbons (Fsp3) is 0. The summed E-state index contributed by atoms with van der Waals surface area (Å²) in [6.45, 7) is 0. The summed E-state index contributed by atoms with van der Waals surface area (Å²) < 4.78 is 20.2. The number of fused-ring (bicyclic) bond motifs is 15. The predicted octanol–water partition coefficient (Wildman–Crippen LogP) is 20.6. The van der Waals surface area contributed by atoms with Crippen LogP contribution >= 0.6 is 11.3 Å². The Morgan fingerprint density at radius 1 is 0.301 bits per heavy atom. The normalized spacial score (nSPS) is 12.1. The summed E-state index contributed by atoms with van der Waals surface area (Å²) >= 11 is 1.79. The molecule has 0 aliphatic rings. The molecular formula is C75H43N5O2S. The summed E-state index contributed by atoms with van der Waals surface area (Å²) in [5.74, 6) is 1.66. The number of benzene rings is 12. The van der Waals surface area contributed by atoms with E-state index in [0.29, 0.717) is 17.6 Å². The lowest BCUT2D eigenvalue weighted by Crippen LogP contribution is -2.06. The third-order valence-electron chi connectivity index (χ3n) is 16.8. The van der Waals surface area contributed by atoms with Gasteiger partial charge in [-0.3, -0.25) is 4.57 Å². The molecule has 6 heterocycles. The molecule has 12 aromatic carbocycles. The Morgan fingerprint density at radius 2 is 0.855 bits per heavy atom. The van der Waals surface area contributed by atoms with E-state index in [-0.39, 0.29) is 0 Å². The number of rotatable bonds is 7. The van der Waals surface area contributed by atoms with Crippen molar-refractivity contribution in [3.63, 3.8) is 0 Å². The van der Waals surface area contributed by atoms with Gasteiger partial charge in [-0.25, -0.2) is 4.98 Å². The summed E-state index contributed by atoms with van der Waals surface area (Å²) in [5.41, 5.74) is 17.4. The van der Waals surface area contributed by atoms with Crippen LogP contribution in [0.2, 0.25) is 0 Å². The van der Waals surface area contributed by atoms with E-state index in [9.17, 15) is 0 Å². The maximum atomic E-state index is 6.93. The van der Waals surface area contributed by atoms with Gasteiger partial charge < -0.3 is 13.4 Å². The van der Waals surface area contributed by atoms with E-state index in [2.05, 4.69) is 252 Å². The molecule has 0 atom stereocenters. The molecule has 0 saturated heterocycles. The molecule has 0 radical (unpaired) electrons. The number of nitrogens with zero attached hydrogens (tertiary/aromatic N) is 5. The third-order valence-corrected chi connectivity index (χ3v) is 18.0. The number of hydrogen-bond donors (Lipinski definition) is 0. The summed E-state index contributed by atoms with van der Waals surface area (Å²) in [4.78, 5) is 16.3. The second-order valence-corrected chi connectivity index (χ2v) is 22.5. The Labute approximate surface area is 477 Å². The molecule has 0 amide bonds. The van der Waals surface area contributed by atoms with Gasteiger partial charge >= 0.3 is 0 Å². The van der Waals surface area contributed by atoms with Crippen molar-refractivity contribution in [2.75, 3.05) is 0 Å². The van der Waals surface area contributed by atoms with Crippen molar-refractivity contribution in [3.8, 4) is 67.8 Å². The molecule has 0 bridgehead atoms. The van der Waals surface area contributed by atoms with Crippen molar-refractivity contribution in [2.24, 2.45) is 0 Å². The molecule has 8 heteroatoms. The van der Waals surface area contributed by atoms with Crippen LogP contribution < -0.4 is 0 Å². The molecule has 18 rings (SSSR count). The summed E-state index contributed by atoms with van der Waals surface area (Å²) in [6, 6.07) is 92.6. The van der Waals surface area contributed by atoms with Crippen LogP contribution in [0.4, 0.5) is 0 Å². The van der Waals surface area contributed by atoms with Crippen LogP contribution in [0.25, 0.3) is 175 Å². The standard InChI is InChI=1S/C75H43N5O2S/c1-3-16-44(17-4-1)45-33-38-65-60(40-45)51-21-8-11-29-63(51)80(65)75-77-73(48-32-36-53-52-22-9-12-30-66(52)81-68(53)43-48)76-74(78-75)58-27-15-31-69-70(58)57-26-14-25-56(72(57)83-69)54-23-13-24-55-61-42-47(35-39-67(61)82-71(54)55)46-34-37-64-59(41-46)50-20-7-10-28-62(50)79(64)49-18-5-2-6-19-49/h1-43H. The van der Waals surface area contributed by atoms with Gasteiger partial charge in [-0.1, -0.05) is 176 Å². The Hall–Kier alpha value is -10.9. The van der Waals surface area contributed by atoms with Gasteiger partial charge in [0.1, 0.15) is 22.3 Å². The highest BCUT2D eigenvalue weighted by atomic mass is 32.1. The fourth-order valence-corrected chi connectivity index (χ4v) is 14.3. The molecule has 0 aliphatic heterocycles. The van der Waals surface area contributed by atoms with Gasteiger partial charge in [0.05, 0.1) is 22.1 Å². The number of para-hydroxylation sites is 5. The Morgan fingerprint density at radius 3 is 1.65 bits per heavy atom. The average molecular weight is 1080 g/mol. The highest BCUT2D eigenvalue weighted by Crippen LogP contribution is 2.47. The lowest BCUT2D eigenvalue weighted by molar-refractivity contribution is 0.669. The van der Waals surface area contributed by atoms with Crippen LogP contribution in [0.5, 0.6) is 0 Å². The van der Waals surface area contributed by atoms with E-state index >= 15 is 0 Å². The van der Waals surface area contributed by atoms with Crippen molar-refractivity contribution < 1.29 is 8.83 Å². The Balaban J connectivity index is 0.794. The molecule has 83 heavy (non-hydrogen) atoms. The number of hydrogen-bond acceptors (Lipinski definition) is 6. The van der Waals surface area contributed by atoms with Crippen LogP contribution in [0, 0.1) is 0 Å². The minimum atomic E-state index is 0.529. The quantitative estimate of drug-likeness (QED) is 0.159. The maximum Gasteiger partial charge on any atom is 0.238 e. The maximum absolute atomic E-state index is 6.93. The molecule has 7 nitrogen and oxygen atoms in total. The third kappa shape index (κ3) is 7.00. The summed E-state index contributed by atoms with van der Waals surface area (Å²) in [5, 5.41) is 11.2. The van der Waals surface area contributed by atoms with Crippen molar-refractivity contribution in [1.82, 2.24) is 24.1 Å². The number of thiophene rings is 1. The van der Waals surface area contributed by atoms with Crippen LogP contribution in [0.3, 0.4) is 0 Å². The van der Waals surface area contributed by atoms with E-state index in [1.54, 1.807) is 11.3 Å². The highest BCUT2D eigenvalue weighted by molar-refractivity contribution is 7.26. The zero-order valence-electron chi connectivity index (χ0n) is 44.3. The van der Waals surface area contributed by atoms with Crippen molar-refractivity contribution in [1.29, 1.82) is 0 Å². The first-order valence-corrected chi connectivity index (χ1v) is 28.7. The molecule has 386 valence electrons. The van der Waals surface area contributed by atoms with Gasteiger partial charge in [-0.05, 0) is 107 Å². The van der Waals surface area contributed by atoms with Crippen molar-refractivity contribution >= 4 is 119 Å². The lowest BCUT2D eigenvalue weighted by atomic mass is 9.98. The molecule has 0 aliphatic carbocycles. The molecule has 18 aromatic rings. The van der Waals surface area contributed by atoms with E-state index in [1.807, 2.05) is 18.2 Å². The summed E-state index contributed by atoms with van der Waals surface area (Å²) in [7, 11) is 0. The van der Waals surface area contributed by atoms with Crippen LogP contribution in [0.1, 0.15) is 0 Å². The molecule has 0 spiro atoms. The SMILES string of the molecule is c1ccc(-c2ccc3c(c2)c2ccccc2n3-c2nc(-c3ccc4c(c3)oc3ccccc34)nc(-c3cccc4sc5c(-c6cccc7c6oc6ccc(-c8ccc9c(c8)c8ccccc8n9-c8ccccc8)cc67)cccc5c34)n2)cc1. The van der Waals surface area contributed by atoms with Gasteiger partial charge in [0.15, 0.2) is 11.6 Å². The van der Waals surface area contributed by atoms with E-state index in [0.717, 1.165) is 136 Å². The van der Waals surface area contributed by atoms with Crippen molar-refractivity contribution in [2.45, 2.75) is 0 Å². The van der Waals surface area contributed by atoms with Gasteiger partial charge in [-0.15, -0.1) is 11.3 Å². The minimum Gasteiger partial charge on any atom is -0.456 e. The predicted molar refractivity (Wildman–Crippen MR) is 343 cm³/mol. The zero-order valence-corrected chi connectivity index (χ0v) is 45.1. The molecule has 0 fully saturated rings. The number of aromatic nitrogens is 5. The van der Waals surface area contributed by atoms with Crippen LogP contribution in [-0.4, -0.2) is 24.1 Å². The zero-order chi connectivity index (χ0) is 54.3. The molecule has 0 saturated carbocycles. The van der Waals surface area contributed by atoms with Crippen LogP contribution in [0.15, 0.2) is 270 Å². The van der Waals surface area contributed by atoms with Gasteiger partial charge in [-0.2, -0.15) is 9.97 Å². The fourth-order valence-electron chi connectivity index (χ4n) is 13.0. The topological polar surface area (TPSA) is 74.8 Å². The van der Waals surface area contributed by atoms with Gasteiger partial charge in [0.25, 0.3) is 0 Å². The average Bonchev–Trinajstić information content (AvgIpc) is 2.59. The second kappa shape index (κ2) is 17.8. The molecule has 6 aromatic heterocycles. The second-order valence-electron chi connectivity index (χ2n) is 21.4. The first-order valence-electron chi connectivity index (χ1n) is 27.9. The smallest absolute Gasteiger partial charge is 0.238 e. The van der Waals surface area contributed by atoms with Gasteiger partial charge in [0, 0.05) is 91.2 Å². The van der Waals surface area contributed by atoms with Crippen LogP contribution in [-0.2, 0) is 0 Å². The monoisotopic (exact) mass is 1080 g/mol. The van der Waals surface area contributed by atoms with E-state index in [4.69, 9.17) is 23.8 Å². The Kier molecular flexibility index (Phi) is 9.83. The molecule has 0 N–H and O–H groups in total. The van der Waals surface area contributed by atoms with Crippen molar-refractivity contribution in [3.05, 3.63) is 261 Å². The Bertz CT molecular complexity index is 5710. The minimum absolute atomic E-state index is 0.529. The first kappa shape index (κ1) is 45.9. The van der Waals surface area contributed by atoms with E-state index in [1.165, 1.54) is 21.8 Å². The summed E-state index contributed by atoms with van der Waals surface area (Å²) in [6.07, 6.45) is 0. The lowest BCUT2D eigenvalue weighted by Gasteiger charge is -2.12. The highest BCUT2D eigenvalue weighted by Gasteiger charge is 2.24. The largest absolute Gasteiger partial charge is 0.456 e. The van der Waals surface area contributed by atoms with Gasteiger partial charge in [0.2, 0.25) is 5.95 Å². The molecule has 0 unspecified atom stereocenters.